The highest BCUT2D eigenvalue weighted by Gasteiger charge is 2.54. The van der Waals surface area contributed by atoms with Gasteiger partial charge in [-0.05, 0) is 19.8 Å². The van der Waals surface area contributed by atoms with Crippen LogP contribution in [0, 0.1) is 11.3 Å². The van der Waals surface area contributed by atoms with Crippen molar-refractivity contribution in [3.8, 4) is 0 Å². The first kappa shape index (κ1) is 7.77. The van der Waals surface area contributed by atoms with Crippen molar-refractivity contribution in [2.45, 2.75) is 32.6 Å². The smallest absolute Gasteiger partial charge is 0.320 e. The molecule has 2 aliphatic rings. The topological polar surface area (TPSA) is 43.4 Å². The van der Waals surface area contributed by atoms with E-state index in [2.05, 4.69) is 4.74 Å². The molecule has 1 saturated heterocycles. The van der Waals surface area contributed by atoms with Crippen LogP contribution >= 0.6 is 0 Å². The fourth-order valence-electron chi connectivity index (χ4n) is 2.23. The van der Waals surface area contributed by atoms with Crippen LogP contribution < -0.4 is 0 Å². The summed E-state index contributed by atoms with van der Waals surface area (Å²) in [7, 11) is 0. The molecule has 0 aromatic rings. The first-order valence-corrected chi connectivity index (χ1v) is 4.41. The third-order valence-electron chi connectivity index (χ3n) is 3.15. The summed E-state index contributed by atoms with van der Waals surface area (Å²) in [6.45, 7) is 1.85. The molecular formula is C9H12O3. The van der Waals surface area contributed by atoms with Crippen molar-refractivity contribution in [3.63, 3.8) is 0 Å². The summed E-state index contributed by atoms with van der Waals surface area (Å²) in [4.78, 5) is 22.5. The summed E-state index contributed by atoms with van der Waals surface area (Å²) in [5.74, 6) is -0.766. The Hall–Kier alpha value is -0.860. The molecular weight excluding hydrogens is 156 g/mol. The Morgan fingerprint density at radius 3 is 2.83 bits per heavy atom. The third kappa shape index (κ3) is 0.822. The predicted molar refractivity (Wildman–Crippen MR) is 41.2 cm³/mol. The van der Waals surface area contributed by atoms with Crippen LogP contribution in [0.15, 0.2) is 0 Å². The number of carbonyl (C=O) groups is 2. The Labute approximate surface area is 71.1 Å². The van der Waals surface area contributed by atoms with Crippen LogP contribution in [-0.4, -0.2) is 11.9 Å². The minimum absolute atomic E-state index is 0.154. The molecule has 12 heavy (non-hydrogen) atoms. The van der Waals surface area contributed by atoms with Gasteiger partial charge >= 0.3 is 11.9 Å². The van der Waals surface area contributed by atoms with Crippen LogP contribution in [0.25, 0.3) is 0 Å². The van der Waals surface area contributed by atoms with Crippen LogP contribution in [0.1, 0.15) is 32.6 Å². The van der Waals surface area contributed by atoms with Gasteiger partial charge in [-0.2, -0.15) is 0 Å². The maximum Gasteiger partial charge on any atom is 0.320 e. The van der Waals surface area contributed by atoms with E-state index in [0.29, 0.717) is 0 Å². The van der Waals surface area contributed by atoms with Gasteiger partial charge in [0.05, 0.1) is 11.3 Å². The lowest BCUT2D eigenvalue weighted by Gasteiger charge is -2.29. The average molecular weight is 168 g/mol. The maximum atomic E-state index is 11.3. The van der Waals surface area contributed by atoms with Crippen molar-refractivity contribution < 1.29 is 14.3 Å². The SMILES string of the molecule is C[C@@]12CCCC[C@H]1C(=O)OC2=O. The van der Waals surface area contributed by atoms with Gasteiger partial charge in [-0.25, -0.2) is 0 Å². The van der Waals surface area contributed by atoms with Crippen molar-refractivity contribution in [1.82, 2.24) is 0 Å². The van der Waals surface area contributed by atoms with Crippen molar-refractivity contribution in [2.24, 2.45) is 11.3 Å². The number of hydrogen-bond acceptors (Lipinski definition) is 3. The van der Waals surface area contributed by atoms with Gasteiger partial charge in [-0.1, -0.05) is 12.8 Å². The second-order valence-electron chi connectivity index (χ2n) is 3.92. The lowest BCUT2D eigenvalue weighted by atomic mass is 9.69. The molecule has 0 spiro atoms. The van der Waals surface area contributed by atoms with Crippen molar-refractivity contribution >= 4 is 11.9 Å². The molecule has 0 unspecified atom stereocenters. The van der Waals surface area contributed by atoms with E-state index in [4.69, 9.17) is 0 Å². The van der Waals surface area contributed by atoms with E-state index in [0.717, 1.165) is 25.7 Å². The van der Waals surface area contributed by atoms with Gasteiger partial charge in [0.1, 0.15) is 0 Å². The first-order chi connectivity index (χ1) is 5.64. The zero-order chi connectivity index (χ0) is 8.77. The number of esters is 2. The van der Waals surface area contributed by atoms with Crippen LogP contribution in [-0.2, 0) is 14.3 Å². The molecule has 1 aliphatic heterocycles. The van der Waals surface area contributed by atoms with Crippen molar-refractivity contribution in [2.75, 3.05) is 0 Å². The number of carbonyl (C=O) groups excluding carboxylic acids is 2. The Kier molecular flexibility index (Phi) is 1.50. The molecule has 1 heterocycles. The van der Waals surface area contributed by atoms with Crippen molar-refractivity contribution in [1.29, 1.82) is 0 Å². The predicted octanol–water partition coefficient (Wildman–Crippen LogP) is 1.27. The Morgan fingerprint density at radius 1 is 1.42 bits per heavy atom. The summed E-state index contributed by atoms with van der Waals surface area (Å²) in [6, 6.07) is 0. The van der Waals surface area contributed by atoms with E-state index in [9.17, 15) is 9.59 Å². The molecule has 3 heteroatoms. The summed E-state index contributed by atoms with van der Waals surface area (Å²) in [5, 5.41) is 0. The number of rotatable bonds is 0. The lowest BCUT2D eigenvalue weighted by Crippen LogP contribution is -2.33. The zero-order valence-corrected chi connectivity index (χ0v) is 7.13. The number of fused-ring (bicyclic) bond motifs is 1. The fourth-order valence-corrected chi connectivity index (χ4v) is 2.23. The fraction of sp³-hybridized carbons (Fsp3) is 0.778. The first-order valence-electron chi connectivity index (χ1n) is 4.41. The van der Waals surface area contributed by atoms with Gasteiger partial charge in [0, 0.05) is 0 Å². The van der Waals surface area contributed by atoms with Gasteiger partial charge in [0.25, 0.3) is 0 Å². The molecule has 0 aromatic heterocycles. The summed E-state index contributed by atoms with van der Waals surface area (Å²) in [5.41, 5.74) is -0.491. The highest BCUT2D eigenvalue weighted by atomic mass is 16.6. The largest absolute Gasteiger partial charge is 0.392 e. The average Bonchev–Trinajstić information content (AvgIpc) is 2.25. The van der Waals surface area contributed by atoms with Gasteiger partial charge in [-0.3, -0.25) is 9.59 Å². The maximum absolute atomic E-state index is 11.3. The van der Waals surface area contributed by atoms with E-state index < -0.39 is 5.41 Å². The minimum atomic E-state index is -0.491. The van der Waals surface area contributed by atoms with E-state index >= 15 is 0 Å². The van der Waals surface area contributed by atoms with E-state index in [-0.39, 0.29) is 17.9 Å². The Morgan fingerprint density at radius 2 is 2.17 bits per heavy atom. The summed E-state index contributed by atoms with van der Waals surface area (Å²) >= 11 is 0. The zero-order valence-electron chi connectivity index (χ0n) is 7.13. The second-order valence-corrected chi connectivity index (χ2v) is 3.92. The van der Waals surface area contributed by atoms with E-state index in [1.165, 1.54) is 0 Å². The summed E-state index contributed by atoms with van der Waals surface area (Å²) in [6.07, 6.45) is 3.71. The standard InChI is InChI=1S/C9H12O3/c1-9-5-3-2-4-6(9)7(10)12-8(9)11/h6H,2-5H2,1H3/t6-,9+/m0/s1. The van der Waals surface area contributed by atoms with Crippen LogP contribution in [0.5, 0.6) is 0 Å². The molecule has 3 nitrogen and oxygen atoms in total. The van der Waals surface area contributed by atoms with Gasteiger partial charge in [0.15, 0.2) is 0 Å². The minimum Gasteiger partial charge on any atom is -0.392 e. The normalized spacial score (nSPS) is 40.9. The lowest BCUT2D eigenvalue weighted by molar-refractivity contribution is -0.155. The Balaban J connectivity index is 2.33. The molecule has 2 rings (SSSR count). The molecule has 1 saturated carbocycles. The van der Waals surface area contributed by atoms with Gasteiger partial charge in [-0.15, -0.1) is 0 Å². The van der Waals surface area contributed by atoms with Gasteiger partial charge in [0.2, 0.25) is 0 Å². The third-order valence-corrected chi connectivity index (χ3v) is 3.15. The molecule has 2 atom stereocenters. The highest BCUT2D eigenvalue weighted by Crippen LogP contribution is 2.46. The molecule has 0 bridgehead atoms. The molecule has 0 N–H and O–H groups in total. The van der Waals surface area contributed by atoms with Crippen LogP contribution in [0.4, 0.5) is 0 Å². The highest BCUT2D eigenvalue weighted by molar-refractivity contribution is 5.99. The molecule has 2 fully saturated rings. The molecule has 66 valence electrons. The summed E-state index contributed by atoms with van der Waals surface area (Å²) < 4.78 is 4.63. The molecule has 0 radical (unpaired) electrons. The Bertz CT molecular complexity index is 246. The van der Waals surface area contributed by atoms with Crippen molar-refractivity contribution in [3.05, 3.63) is 0 Å². The van der Waals surface area contributed by atoms with E-state index in [1.54, 1.807) is 0 Å². The number of cyclic esters (lactones) is 2. The van der Waals surface area contributed by atoms with E-state index in [1.807, 2.05) is 6.92 Å². The number of ether oxygens (including phenoxy) is 1. The second kappa shape index (κ2) is 2.31. The molecule has 0 aromatic carbocycles. The molecule has 0 amide bonds. The molecule has 1 aliphatic carbocycles. The monoisotopic (exact) mass is 168 g/mol. The van der Waals surface area contributed by atoms with Crippen LogP contribution in [0.3, 0.4) is 0 Å². The van der Waals surface area contributed by atoms with Gasteiger partial charge < -0.3 is 4.74 Å². The quantitative estimate of drug-likeness (QED) is 0.404. The van der Waals surface area contributed by atoms with Crippen LogP contribution in [0.2, 0.25) is 0 Å². The number of hydrogen-bond donors (Lipinski definition) is 0.